The van der Waals surface area contributed by atoms with Crippen molar-refractivity contribution in [2.24, 2.45) is 0 Å². The van der Waals surface area contributed by atoms with Crippen molar-refractivity contribution in [3.05, 3.63) is 130 Å². The molecule has 0 fully saturated rings. The van der Waals surface area contributed by atoms with E-state index in [9.17, 15) is 9.59 Å². The second-order valence-electron chi connectivity index (χ2n) is 12.0. The summed E-state index contributed by atoms with van der Waals surface area (Å²) >= 11 is 0. The minimum Gasteiger partial charge on any atom is -0.423 e. The van der Waals surface area contributed by atoms with Crippen LogP contribution in [0.5, 0.6) is 11.5 Å². The van der Waals surface area contributed by atoms with Crippen LogP contribution in [0, 0.1) is 13.8 Å². The molecule has 0 saturated heterocycles. The number of ether oxygens (including phenoxy) is 2. The molecule has 0 aliphatic rings. The maximum absolute atomic E-state index is 12.1. The van der Waals surface area contributed by atoms with Crippen LogP contribution in [0.4, 0.5) is 0 Å². The van der Waals surface area contributed by atoms with Gasteiger partial charge in [-0.15, -0.1) is 0 Å². The van der Waals surface area contributed by atoms with Crippen LogP contribution < -0.4 is 9.47 Å². The third-order valence-corrected chi connectivity index (χ3v) is 11.9. The lowest BCUT2D eigenvalue weighted by atomic mass is 10.1. The van der Waals surface area contributed by atoms with E-state index in [1.807, 2.05) is 62.4 Å². The van der Waals surface area contributed by atoms with E-state index in [1.54, 1.807) is 48.5 Å². The van der Waals surface area contributed by atoms with E-state index in [1.165, 1.54) is 0 Å². The third-order valence-electron chi connectivity index (χ3n) is 7.43. The Balaban J connectivity index is 0.000000248. The number of rotatable bonds is 8. The number of esters is 2. The van der Waals surface area contributed by atoms with E-state index in [0.717, 1.165) is 22.3 Å². The van der Waals surface area contributed by atoms with E-state index in [2.05, 4.69) is 33.9 Å². The molecular formula is C36H42O6Si. The zero-order valence-corrected chi connectivity index (χ0v) is 27.1. The fraction of sp³-hybridized carbons (Fsp3) is 0.278. The zero-order valence-electron chi connectivity index (χ0n) is 26.1. The number of hydrogen-bond donors (Lipinski definition) is 1. The maximum Gasteiger partial charge on any atom is 0.343 e. The second kappa shape index (κ2) is 14.9. The highest BCUT2D eigenvalue weighted by molar-refractivity contribution is 6.74. The van der Waals surface area contributed by atoms with Gasteiger partial charge in [-0.1, -0.05) is 80.4 Å². The van der Waals surface area contributed by atoms with Crippen LogP contribution in [0.3, 0.4) is 0 Å². The predicted octanol–water partition coefficient (Wildman–Crippen LogP) is 8.44. The van der Waals surface area contributed by atoms with Gasteiger partial charge in [-0.2, -0.15) is 0 Å². The number of benzene rings is 4. The molecule has 0 spiro atoms. The summed E-state index contributed by atoms with van der Waals surface area (Å²) in [5.74, 6) is 0.288. The normalized spacial score (nSPS) is 11.3. The number of aryl methyl sites for hydroxylation is 2. The molecule has 7 heteroatoms. The van der Waals surface area contributed by atoms with Gasteiger partial charge in [-0.3, -0.25) is 0 Å². The second-order valence-corrected chi connectivity index (χ2v) is 16.8. The van der Waals surface area contributed by atoms with E-state index < -0.39 is 8.32 Å². The smallest absolute Gasteiger partial charge is 0.343 e. The summed E-state index contributed by atoms with van der Waals surface area (Å²) in [5, 5.41) is 9.10. The molecule has 0 atom stereocenters. The summed E-state index contributed by atoms with van der Waals surface area (Å²) in [6, 6.07) is 28.9. The van der Waals surface area contributed by atoms with E-state index in [4.69, 9.17) is 19.0 Å². The Morgan fingerprint density at radius 1 is 0.628 bits per heavy atom. The van der Waals surface area contributed by atoms with Gasteiger partial charge in [0.25, 0.3) is 0 Å². The van der Waals surface area contributed by atoms with E-state index in [0.29, 0.717) is 29.2 Å². The van der Waals surface area contributed by atoms with Crippen molar-refractivity contribution in [1.29, 1.82) is 0 Å². The Labute approximate surface area is 256 Å². The van der Waals surface area contributed by atoms with Crippen molar-refractivity contribution in [3.63, 3.8) is 0 Å². The summed E-state index contributed by atoms with van der Waals surface area (Å²) in [6.45, 7) is 15.7. The molecule has 4 aromatic rings. The van der Waals surface area contributed by atoms with Gasteiger partial charge in [-0.05, 0) is 91.6 Å². The van der Waals surface area contributed by atoms with Gasteiger partial charge >= 0.3 is 11.9 Å². The average Bonchev–Trinajstić information content (AvgIpc) is 2.97. The van der Waals surface area contributed by atoms with Crippen LogP contribution in [-0.2, 0) is 17.6 Å². The first-order valence-electron chi connectivity index (χ1n) is 14.3. The number of carbonyl (C=O) groups is 2. The van der Waals surface area contributed by atoms with Crippen LogP contribution in [0.1, 0.15) is 63.7 Å². The molecule has 0 unspecified atom stereocenters. The topological polar surface area (TPSA) is 82.1 Å². The van der Waals surface area contributed by atoms with Gasteiger partial charge in [0.15, 0.2) is 8.32 Å². The molecule has 0 saturated carbocycles. The molecule has 0 heterocycles. The molecule has 4 aromatic carbocycles. The fourth-order valence-corrected chi connectivity index (χ4v) is 4.47. The number of hydrogen-bond acceptors (Lipinski definition) is 6. The van der Waals surface area contributed by atoms with Gasteiger partial charge in [0.05, 0.1) is 24.3 Å². The third kappa shape index (κ3) is 10.3. The molecule has 226 valence electrons. The average molecular weight is 599 g/mol. The lowest BCUT2D eigenvalue weighted by Gasteiger charge is -2.36. The lowest BCUT2D eigenvalue weighted by molar-refractivity contribution is 0.0725. The quantitative estimate of drug-likeness (QED) is 0.125. The minimum absolute atomic E-state index is 0.0216. The van der Waals surface area contributed by atoms with Crippen molar-refractivity contribution in [1.82, 2.24) is 0 Å². The van der Waals surface area contributed by atoms with Gasteiger partial charge < -0.3 is 19.0 Å². The van der Waals surface area contributed by atoms with Crippen LogP contribution in [0.15, 0.2) is 97.1 Å². The van der Waals surface area contributed by atoms with Crippen molar-refractivity contribution in [3.8, 4) is 11.5 Å². The monoisotopic (exact) mass is 598 g/mol. The van der Waals surface area contributed by atoms with Gasteiger partial charge in [0.1, 0.15) is 11.5 Å². The molecule has 0 amide bonds. The molecule has 0 aromatic heterocycles. The summed E-state index contributed by atoms with van der Waals surface area (Å²) in [7, 11) is -1.76. The molecule has 0 aliphatic carbocycles. The molecule has 4 rings (SSSR count). The highest BCUT2D eigenvalue weighted by Gasteiger charge is 2.37. The fourth-order valence-electron chi connectivity index (χ4n) is 3.51. The van der Waals surface area contributed by atoms with Crippen LogP contribution in [0.25, 0.3) is 0 Å². The molecular weight excluding hydrogens is 556 g/mol. The first-order chi connectivity index (χ1) is 20.3. The largest absolute Gasteiger partial charge is 0.423 e. The van der Waals surface area contributed by atoms with Gasteiger partial charge in [-0.25, -0.2) is 9.59 Å². The summed E-state index contributed by atoms with van der Waals surface area (Å²) < 4.78 is 16.9. The Hall–Kier alpha value is -4.04. The van der Waals surface area contributed by atoms with Crippen molar-refractivity contribution in [2.75, 3.05) is 0 Å². The summed E-state index contributed by atoms with van der Waals surface area (Å²) in [4.78, 5) is 23.9. The Morgan fingerprint density at radius 3 is 1.35 bits per heavy atom. The molecule has 6 nitrogen and oxygen atoms in total. The van der Waals surface area contributed by atoms with Gasteiger partial charge in [0.2, 0.25) is 0 Å². The standard InChI is InChI=1S/C21H28O3Si.C15H14O3/c1-16-7-11-18(12-8-16)20(22)24-19-13-9-17(10-14-19)15-23-25(5,6)21(2,3)4;1-11-2-6-13(7-3-11)15(17)18-14-8-4-12(10-16)5-9-14/h7-14H,15H2,1-6H3;2-9,16H,10H2,1H3. The van der Waals surface area contributed by atoms with Crippen molar-refractivity contribution in [2.45, 2.75) is 66.0 Å². The van der Waals surface area contributed by atoms with Crippen LogP contribution in [0.2, 0.25) is 18.1 Å². The number of aliphatic hydroxyl groups excluding tert-OH is 1. The first-order valence-corrected chi connectivity index (χ1v) is 17.2. The molecule has 43 heavy (non-hydrogen) atoms. The first kappa shape index (κ1) is 33.5. The lowest BCUT2D eigenvalue weighted by Crippen LogP contribution is -2.40. The van der Waals surface area contributed by atoms with Gasteiger partial charge in [0, 0.05) is 0 Å². The Morgan fingerprint density at radius 2 is 1.00 bits per heavy atom. The minimum atomic E-state index is -1.76. The van der Waals surface area contributed by atoms with Crippen LogP contribution in [-0.4, -0.2) is 25.4 Å². The van der Waals surface area contributed by atoms with Crippen molar-refractivity contribution < 1.29 is 28.6 Å². The Bertz CT molecular complexity index is 1470. The highest BCUT2D eigenvalue weighted by atomic mass is 28.4. The summed E-state index contributed by atoms with van der Waals surface area (Å²) in [6.07, 6.45) is 0. The Kier molecular flexibility index (Phi) is 11.6. The molecule has 0 radical (unpaired) electrons. The van der Waals surface area contributed by atoms with E-state index >= 15 is 0 Å². The van der Waals surface area contributed by atoms with Crippen molar-refractivity contribution >= 4 is 20.3 Å². The van der Waals surface area contributed by atoms with E-state index in [-0.39, 0.29) is 23.6 Å². The molecule has 0 bridgehead atoms. The molecule has 1 N–H and O–H groups in total. The zero-order chi connectivity index (χ0) is 31.6. The number of carbonyl (C=O) groups excluding carboxylic acids is 2. The number of aliphatic hydroxyl groups is 1. The SMILES string of the molecule is Cc1ccc(C(=O)Oc2ccc(CO)cc2)cc1.Cc1ccc(C(=O)Oc2ccc(CO[Si](C)(C)C(C)(C)C)cc2)cc1. The molecule has 0 aliphatic heterocycles. The summed E-state index contributed by atoms with van der Waals surface area (Å²) in [5.41, 5.74) is 5.15. The highest BCUT2D eigenvalue weighted by Crippen LogP contribution is 2.37. The predicted molar refractivity (Wildman–Crippen MR) is 173 cm³/mol. The van der Waals surface area contributed by atoms with Crippen LogP contribution >= 0.6 is 0 Å². The maximum atomic E-state index is 12.1.